The fraction of sp³-hybridized carbons (Fsp3) is 0.500. The molecular formula is C22H25F2N3O6. The standard InChI is InChI=1S/C22H25F2N3O6/c1-3-32-22(31)17(25-2)15-10-26(6-7-33-15)19-14(23)8-12-18(16(19)24)27(11-4-5-11)9-13(20(12)28)21(29)30/h8-9,11,15,17,25H,3-7,10H2,1-2H3,(H,29,30). The van der Waals surface area contributed by atoms with E-state index in [1.165, 1.54) is 9.47 Å². The molecule has 11 heteroatoms. The van der Waals surface area contributed by atoms with Gasteiger partial charge in [0.05, 0.1) is 24.1 Å². The lowest BCUT2D eigenvalue weighted by Gasteiger charge is -2.37. The summed E-state index contributed by atoms with van der Waals surface area (Å²) < 4.78 is 43.2. The molecule has 1 saturated carbocycles. The third-order valence-corrected chi connectivity index (χ3v) is 5.99. The number of likely N-dealkylation sites (N-methyl/N-ethyl adjacent to an activating group) is 1. The number of morpholine rings is 1. The number of ether oxygens (including phenoxy) is 2. The van der Waals surface area contributed by atoms with E-state index >= 15 is 8.78 Å². The average Bonchev–Trinajstić information content (AvgIpc) is 3.60. The average molecular weight is 465 g/mol. The molecule has 1 aromatic heterocycles. The molecule has 2 N–H and O–H groups in total. The molecule has 1 aliphatic heterocycles. The first-order valence-corrected chi connectivity index (χ1v) is 10.8. The van der Waals surface area contributed by atoms with Crippen molar-refractivity contribution >= 4 is 28.5 Å². The fourth-order valence-corrected chi connectivity index (χ4v) is 4.28. The molecular weight excluding hydrogens is 440 g/mol. The van der Waals surface area contributed by atoms with Crippen LogP contribution in [-0.4, -0.2) is 67.1 Å². The number of benzene rings is 1. The number of aromatic nitrogens is 1. The highest BCUT2D eigenvalue weighted by Crippen LogP contribution is 2.39. The van der Waals surface area contributed by atoms with Gasteiger partial charge < -0.3 is 29.4 Å². The van der Waals surface area contributed by atoms with Crippen LogP contribution in [0, 0.1) is 11.6 Å². The lowest BCUT2D eigenvalue weighted by molar-refractivity contribution is -0.150. The molecule has 2 heterocycles. The van der Waals surface area contributed by atoms with Crippen LogP contribution in [0.4, 0.5) is 14.5 Å². The van der Waals surface area contributed by atoms with Gasteiger partial charge in [0.1, 0.15) is 29.2 Å². The molecule has 4 rings (SSSR count). The van der Waals surface area contributed by atoms with Crippen LogP contribution in [-0.2, 0) is 14.3 Å². The normalized spacial score (nSPS) is 19.5. The second-order valence-corrected chi connectivity index (χ2v) is 8.11. The van der Waals surface area contributed by atoms with E-state index in [2.05, 4.69) is 5.32 Å². The minimum Gasteiger partial charge on any atom is -0.477 e. The molecule has 0 amide bonds. The first-order valence-electron chi connectivity index (χ1n) is 10.8. The smallest absolute Gasteiger partial charge is 0.341 e. The molecule has 2 atom stereocenters. The monoisotopic (exact) mass is 465 g/mol. The van der Waals surface area contributed by atoms with Gasteiger partial charge in [0.2, 0.25) is 5.43 Å². The first-order chi connectivity index (χ1) is 15.8. The quantitative estimate of drug-likeness (QED) is 0.595. The zero-order chi connectivity index (χ0) is 23.9. The predicted molar refractivity (Wildman–Crippen MR) is 115 cm³/mol. The molecule has 1 aliphatic carbocycles. The molecule has 0 bridgehead atoms. The highest BCUT2D eigenvalue weighted by atomic mass is 19.1. The van der Waals surface area contributed by atoms with Gasteiger partial charge in [-0.2, -0.15) is 0 Å². The first kappa shape index (κ1) is 23.1. The summed E-state index contributed by atoms with van der Waals surface area (Å²) in [5.74, 6) is -3.91. The van der Waals surface area contributed by atoms with Crippen molar-refractivity contribution in [1.29, 1.82) is 0 Å². The van der Waals surface area contributed by atoms with E-state index in [-0.39, 0.29) is 48.9 Å². The van der Waals surface area contributed by atoms with Crippen LogP contribution in [0.1, 0.15) is 36.2 Å². The van der Waals surface area contributed by atoms with Crippen LogP contribution in [0.15, 0.2) is 17.1 Å². The Morgan fingerprint density at radius 2 is 2.09 bits per heavy atom. The highest BCUT2D eigenvalue weighted by molar-refractivity contribution is 5.94. The number of nitrogens with zero attached hydrogens (tertiary/aromatic N) is 2. The molecule has 33 heavy (non-hydrogen) atoms. The summed E-state index contributed by atoms with van der Waals surface area (Å²) in [6.45, 7) is 2.14. The number of aromatic carboxylic acids is 1. The van der Waals surface area contributed by atoms with Crippen molar-refractivity contribution in [3.8, 4) is 0 Å². The number of rotatable bonds is 7. The Hall–Kier alpha value is -3.05. The Bertz CT molecular complexity index is 1160. The van der Waals surface area contributed by atoms with Crippen molar-refractivity contribution in [2.75, 3.05) is 38.3 Å². The van der Waals surface area contributed by atoms with Gasteiger partial charge in [-0.15, -0.1) is 0 Å². The van der Waals surface area contributed by atoms with Crippen molar-refractivity contribution in [2.45, 2.75) is 38.0 Å². The summed E-state index contributed by atoms with van der Waals surface area (Å²) in [4.78, 5) is 37.9. The maximum atomic E-state index is 15.8. The van der Waals surface area contributed by atoms with E-state index in [0.717, 1.165) is 12.3 Å². The Morgan fingerprint density at radius 1 is 1.36 bits per heavy atom. The molecule has 2 unspecified atom stereocenters. The van der Waals surface area contributed by atoms with Crippen LogP contribution >= 0.6 is 0 Å². The van der Waals surface area contributed by atoms with Gasteiger partial charge in [0.15, 0.2) is 5.82 Å². The van der Waals surface area contributed by atoms with Gasteiger partial charge in [0, 0.05) is 25.3 Å². The number of anilines is 1. The number of fused-ring (bicyclic) bond motifs is 1. The Kier molecular flexibility index (Phi) is 6.35. The van der Waals surface area contributed by atoms with Crippen LogP contribution < -0.4 is 15.6 Å². The Balaban J connectivity index is 1.79. The summed E-state index contributed by atoms with van der Waals surface area (Å²) in [6, 6.07) is -0.0942. The lowest BCUT2D eigenvalue weighted by Crippen LogP contribution is -2.55. The number of carbonyl (C=O) groups excluding carboxylic acids is 1. The van der Waals surface area contributed by atoms with E-state index < -0.39 is 46.7 Å². The summed E-state index contributed by atoms with van der Waals surface area (Å²) in [5.41, 5.74) is -1.93. The third kappa shape index (κ3) is 4.18. The predicted octanol–water partition coefficient (Wildman–Crippen LogP) is 1.67. The SMILES string of the molecule is CCOC(=O)C(NC)C1CN(c2c(F)cc3c(=O)c(C(=O)O)cn(C4CC4)c3c2F)CCO1. The largest absolute Gasteiger partial charge is 0.477 e. The van der Waals surface area contributed by atoms with E-state index in [4.69, 9.17) is 9.47 Å². The van der Waals surface area contributed by atoms with Crippen molar-refractivity contribution < 1.29 is 33.0 Å². The molecule has 0 spiro atoms. The number of carboxylic acids is 1. The Morgan fingerprint density at radius 3 is 2.70 bits per heavy atom. The van der Waals surface area contributed by atoms with Crippen LogP contribution in [0.5, 0.6) is 0 Å². The van der Waals surface area contributed by atoms with Gasteiger partial charge >= 0.3 is 11.9 Å². The molecule has 1 saturated heterocycles. The highest BCUT2D eigenvalue weighted by Gasteiger charge is 2.36. The van der Waals surface area contributed by atoms with Crippen molar-refractivity contribution in [3.05, 3.63) is 39.7 Å². The van der Waals surface area contributed by atoms with Gasteiger partial charge in [-0.1, -0.05) is 0 Å². The Labute approximate surface area is 187 Å². The number of halogens is 2. The van der Waals surface area contributed by atoms with Crippen LogP contribution in [0.3, 0.4) is 0 Å². The molecule has 2 aromatic rings. The topological polar surface area (TPSA) is 110 Å². The summed E-state index contributed by atoms with van der Waals surface area (Å²) in [6.07, 6.45) is 1.81. The molecule has 9 nitrogen and oxygen atoms in total. The van der Waals surface area contributed by atoms with Gasteiger partial charge in [-0.3, -0.25) is 9.59 Å². The van der Waals surface area contributed by atoms with Crippen molar-refractivity contribution in [2.24, 2.45) is 0 Å². The van der Waals surface area contributed by atoms with Gasteiger partial charge in [-0.05, 0) is 32.9 Å². The minimum absolute atomic E-state index is 0.00450. The van der Waals surface area contributed by atoms with E-state index in [1.807, 2.05) is 0 Å². The molecule has 178 valence electrons. The zero-order valence-electron chi connectivity index (χ0n) is 18.3. The molecule has 0 radical (unpaired) electrons. The second kappa shape index (κ2) is 9.06. The molecule has 2 aliphatic rings. The van der Waals surface area contributed by atoms with Crippen LogP contribution in [0.25, 0.3) is 10.9 Å². The fourth-order valence-electron chi connectivity index (χ4n) is 4.28. The third-order valence-electron chi connectivity index (χ3n) is 5.99. The second-order valence-electron chi connectivity index (χ2n) is 8.11. The van der Waals surface area contributed by atoms with Gasteiger partial charge in [0.25, 0.3) is 0 Å². The van der Waals surface area contributed by atoms with E-state index in [9.17, 15) is 19.5 Å². The number of nitrogens with one attached hydrogen (secondary N) is 1. The molecule has 2 fully saturated rings. The maximum Gasteiger partial charge on any atom is 0.341 e. The van der Waals surface area contributed by atoms with Gasteiger partial charge in [-0.25, -0.2) is 13.6 Å². The summed E-state index contributed by atoms with van der Waals surface area (Å²) >= 11 is 0. The van der Waals surface area contributed by atoms with Crippen molar-refractivity contribution in [1.82, 2.24) is 9.88 Å². The number of carbonyl (C=O) groups is 2. The number of hydrogen-bond donors (Lipinski definition) is 2. The summed E-state index contributed by atoms with van der Waals surface area (Å²) in [7, 11) is 1.56. The number of esters is 1. The number of pyridine rings is 1. The molecule has 1 aromatic carbocycles. The zero-order valence-corrected chi connectivity index (χ0v) is 18.3. The maximum absolute atomic E-state index is 15.8. The van der Waals surface area contributed by atoms with E-state index in [1.54, 1.807) is 14.0 Å². The lowest BCUT2D eigenvalue weighted by atomic mass is 10.1. The van der Waals surface area contributed by atoms with E-state index in [0.29, 0.717) is 12.8 Å². The summed E-state index contributed by atoms with van der Waals surface area (Å²) in [5, 5.41) is 11.9. The number of hydrogen-bond acceptors (Lipinski definition) is 7. The number of carboxylic acid groups (broad SMARTS) is 1. The minimum atomic E-state index is -1.45. The van der Waals surface area contributed by atoms with Crippen LogP contribution in [0.2, 0.25) is 0 Å². The van der Waals surface area contributed by atoms with Crippen molar-refractivity contribution in [3.63, 3.8) is 0 Å².